The van der Waals surface area contributed by atoms with E-state index in [1.165, 1.54) is 18.3 Å². The Hall–Kier alpha value is -2.86. The molecule has 0 aliphatic rings. The van der Waals surface area contributed by atoms with Crippen molar-refractivity contribution in [1.82, 2.24) is 4.98 Å². The Bertz CT molecular complexity index is 827. The van der Waals surface area contributed by atoms with Crippen LogP contribution in [0.5, 0.6) is 0 Å². The van der Waals surface area contributed by atoms with Gasteiger partial charge in [-0.15, -0.1) is 11.3 Å². The summed E-state index contributed by atoms with van der Waals surface area (Å²) in [6.07, 6.45) is 0. The van der Waals surface area contributed by atoms with Gasteiger partial charge < -0.3 is 16.4 Å². The summed E-state index contributed by atoms with van der Waals surface area (Å²) in [6.45, 7) is 1.49. The zero-order valence-electron chi connectivity index (χ0n) is 12.5. The number of rotatable bonds is 4. The van der Waals surface area contributed by atoms with Gasteiger partial charge >= 0.3 is 0 Å². The highest BCUT2D eigenvalue weighted by Crippen LogP contribution is 2.28. The molecule has 0 radical (unpaired) electrons. The highest BCUT2D eigenvalue weighted by molar-refractivity contribution is 7.14. The molecule has 0 aliphatic carbocycles. The maximum atomic E-state index is 11.1. The Morgan fingerprint density at radius 2 is 1.87 bits per heavy atom. The van der Waals surface area contributed by atoms with Crippen LogP contribution in [0.25, 0.3) is 11.3 Å². The number of aromatic nitrogens is 1. The molecule has 1 aromatic heterocycles. The molecule has 5 nitrogen and oxygen atoms in total. The molecular formula is C17H16N4OS. The Balaban J connectivity index is 1.76. The van der Waals surface area contributed by atoms with Gasteiger partial charge in [0, 0.05) is 34.9 Å². The lowest BCUT2D eigenvalue weighted by Gasteiger charge is -2.06. The molecule has 2 aromatic carbocycles. The molecule has 3 aromatic rings. The van der Waals surface area contributed by atoms with Crippen LogP contribution in [0.2, 0.25) is 0 Å². The van der Waals surface area contributed by atoms with Gasteiger partial charge in [-0.2, -0.15) is 0 Å². The second-order valence-electron chi connectivity index (χ2n) is 5.05. The average Bonchev–Trinajstić information content (AvgIpc) is 2.96. The van der Waals surface area contributed by atoms with Crippen molar-refractivity contribution in [3.05, 3.63) is 53.9 Å². The second-order valence-corrected chi connectivity index (χ2v) is 5.91. The van der Waals surface area contributed by atoms with E-state index in [0.717, 1.165) is 33.5 Å². The summed E-state index contributed by atoms with van der Waals surface area (Å²) in [5.74, 6) is -0.0953. The van der Waals surface area contributed by atoms with Gasteiger partial charge in [-0.1, -0.05) is 18.2 Å². The van der Waals surface area contributed by atoms with Crippen LogP contribution in [0.4, 0.5) is 22.2 Å². The van der Waals surface area contributed by atoms with Crippen molar-refractivity contribution < 1.29 is 4.79 Å². The number of nitrogens with zero attached hydrogens (tertiary/aromatic N) is 1. The number of carbonyl (C=O) groups excluding carboxylic acids is 1. The summed E-state index contributed by atoms with van der Waals surface area (Å²) < 4.78 is 0. The molecule has 3 rings (SSSR count). The van der Waals surface area contributed by atoms with Crippen molar-refractivity contribution in [2.24, 2.45) is 0 Å². The van der Waals surface area contributed by atoms with Crippen LogP contribution in [0.1, 0.15) is 6.92 Å². The van der Waals surface area contributed by atoms with Crippen molar-refractivity contribution in [1.29, 1.82) is 0 Å². The molecule has 0 bridgehead atoms. The molecular weight excluding hydrogens is 308 g/mol. The van der Waals surface area contributed by atoms with Gasteiger partial charge in [0.2, 0.25) is 5.91 Å². The number of nitrogens with one attached hydrogen (secondary N) is 2. The fourth-order valence-corrected chi connectivity index (χ4v) is 2.86. The third-order valence-electron chi connectivity index (χ3n) is 3.14. The standard InChI is InChI=1S/C17H16N4OS/c1-11(22)19-14-3-2-4-15(9-14)20-17-21-16(10-23-17)12-5-7-13(18)8-6-12/h2-10H,18H2,1H3,(H,19,22)(H,20,21). The first kappa shape index (κ1) is 15.1. The number of thiazole rings is 1. The highest BCUT2D eigenvalue weighted by Gasteiger charge is 2.05. The van der Waals surface area contributed by atoms with Gasteiger partial charge in [0.15, 0.2) is 5.13 Å². The van der Waals surface area contributed by atoms with E-state index in [1.807, 2.05) is 53.9 Å². The molecule has 0 spiro atoms. The predicted octanol–water partition coefficient (Wildman–Crippen LogP) is 4.09. The van der Waals surface area contributed by atoms with Gasteiger partial charge in [-0.05, 0) is 30.3 Å². The SMILES string of the molecule is CC(=O)Nc1cccc(Nc2nc(-c3ccc(N)cc3)cs2)c1. The first-order valence-corrected chi connectivity index (χ1v) is 7.94. The van der Waals surface area contributed by atoms with Crippen molar-refractivity contribution >= 4 is 39.4 Å². The summed E-state index contributed by atoms with van der Waals surface area (Å²) in [5, 5.41) is 8.79. The fraction of sp³-hybridized carbons (Fsp3) is 0.0588. The fourth-order valence-electron chi connectivity index (χ4n) is 2.12. The molecule has 0 saturated heterocycles. The van der Waals surface area contributed by atoms with Gasteiger partial charge in [-0.25, -0.2) is 4.98 Å². The molecule has 6 heteroatoms. The van der Waals surface area contributed by atoms with E-state index >= 15 is 0 Å². The number of anilines is 4. The Morgan fingerprint density at radius 1 is 1.13 bits per heavy atom. The average molecular weight is 324 g/mol. The first-order valence-electron chi connectivity index (χ1n) is 7.06. The molecule has 23 heavy (non-hydrogen) atoms. The molecule has 116 valence electrons. The third-order valence-corrected chi connectivity index (χ3v) is 3.90. The molecule has 4 N–H and O–H groups in total. The van der Waals surface area contributed by atoms with Gasteiger partial charge in [0.05, 0.1) is 5.69 Å². The minimum absolute atomic E-state index is 0.0953. The zero-order valence-corrected chi connectivity index (χ0v) is 13.4. The van der Waals surface area contributed by atoms with Gasteiger partial charge in [0.25, 0.3) is 0 Å². The van der Waals surface area contributed by atoms with E-state index in [0.29, 0.717) is 0 Å². The minimum Gasteiger partial charge on any atom is -0.399 e. The third kappa shape index (κ3) is 3.87. The topological polar surface area (TPSA) is 80.0 Å². The number of hydrogen-bond acceptors (Lipinski definition) is 5. The molecule has 0 atom stereocenters. The maximum Gasteiger partial charge on any atom is 0.221 e. The number of carbonyl (C=O) groups is 1. The Kier molecular flexibility index (Phi) is 4.25. The van der Waals surface area contributed by atoms with Crippen LogP contribution in [-0.2, 0) is 4.79 Å². The van der Waals surface area contributed by atoms with E-state index < -0.39 is 0 Å². The van der Waals surface area contributed by atoms with Crippen LogP contribution in [0.15, 0.2) is 53.9 Å². The number of nitrogens with two attached hydrogens (primary N) is 1. The van der Waals surface area contributed by atoms with E-state index in [9.17, 15) is 4.79 Å². The summed E-state index contributed by atoms with van der Waals surface area (Å²) in [5.41, 5.74) is 9.97. The second kappa shape index (κ2) is 6.50. The lowest BCUT2D eigenvalue weighted by atomic mass is 10.1. The van der Waals surface area contributed by atoms with Crippen molar-refractivity contribution in [3.63, 3.8) is 0 Å². The lowest BCUT2D eigenvalue weighted by molar-refractivity contribution is -0.114. The lowest BCUT2D eigenvalue weighted by Crippen LogP contribution is -2.05. The predicted molar refractivity (Wildman–Crippen MR) is 96.0 cm³/mol. The van der Waals surface area contributed by atoms with Gasteiger partial charge in [0.1, 0.15) is 0 Å². The van der Waals surface area contributed by atoms with Crippen LogP contribution in [-0.4, -0.2) is 10.9 Å². The van der Waals surface area contributed by atoms with Gasteiger partial charge in [-0.3, -0.25) is 4.79 Å². The molecule has 0 aliphatic heterocycles. The number of benzene rings is 2. The smallest absolute Gasteiger partial charge is 0.221 e. The quantitative estimate of drug-likeness (QED) is 0.631. The van der Waals surface area contributed by atoms with Crippen LogP contribution >= 0.6 is 11.3 Å². The number of amides is 1. The molecule has 0 fully saturated rings. The van der Waals surface area contributed by atoms with E-state index in [4.69, 9.17) is 5.73 Å². The van der Waals surface area contributed by atoms with Crippen LogP contribution in [0.3, 0.4) is 0 Å². The van der Waals surface area contributed by atoms with Crippen molar-refractivity contribution in [3.8, 4) is 11.3 Å². The summed E-state index contributed by atoms with van der Waals surface area (Å²) in [6, 6.07) is 15.1. The number of hydrogen-bond donors (Lipinski definition) is 3. The van der Waals surface area contributed by atoms with E-state index in [1.54, 1.807) is 0 Å². The molecule has 0 saturated carbocycles. The van der Waals surface area contributed by atoms with Crippen LogP contribution in [0, 0.1) is 0 Å². The Morgan fingerprint density at radius 3 is 2.61 bits per heavy atom. The largest absolute Gasteiger partial charge is 0.399 e. The molecule has 1 heterocycles. The van der Waals surface area contributed by atoms with E-state index in [-0.39, 0.29) is 5.91 Å². The number of nitrogen functional groups attached to an aromatic ring is 1. The summed E-state index contributed by atoms with van der Waals surface area (Å²) in [4.78, 5) is 15.7. The van der Waals surface area contributed by atoms with Crippen LogP contribution < -0.4 is 16.4 Å². The van der Waals surface area contributed by atoms with Crippen molar-refractivity contribution in [2.75, 3.05) is 16.4 Å². The van der Waals surface area contributed by atoms with E-state index in [2.05, 4.69) is 15.6 Å². The molecule has 1 amide bonds. The summed E-state index contributed by atoms with van der Waals surface area (Å²) in [7, 11) is 0. The summed E-state index contributed by atoms with van der Waals surface area (Å²) >= 11 is 1.52. The first-order chi connectivity index (χ1) is 11.1. The molecule has 0 unspecified atom stereocenters. The normalized spacial score (nSPS) is 10.3. The Labute approximate surface area is 138 Å². The highest BCUT2D eigenvalue weighted by atomic mass is 32.1. The zero-order chi connectivity index (χ0) is 16.2. The monoisotopic (exact) mass is 324 g/mol. The minimum atomic E-state index is -0.0953. The van der Waals surface area contributed by atoms with Crippen molar-refractivity contribution in [2.45, 2.75) is 6.92 Å². The maximum absolute atomic E-state index is 11.1.